The summed E-state index contributed by atoms with van der Waals surface area (Å²) in [6.07, 6.45) is -1.31. The number of carbonyl (C=O) groups excluding carboxylic acids is 2. The minimum absolute atomic E-state index is 0.253. The summed E-state index contributed by atoms with van der Waals surface area (Å²) in [6.45, 7) is 0.379. The number of alkyl halides is 3. The van der Waals surface area contributed by atoms with Gasteiger partial charge in [0.15, 0.2) is 11.0 Å². The maximum Gasteiger partial charge on any atom is 0.405 e. The first kappa shape index (κ1) is 22.3. The molecule has 12 heteroatoms. The largest absolute Gasteiger partial charge is 0.405 e. The Balaban J connectivity index is 1.78. The van der Waals surface area contributed by atoms with Crippen LogP contribution in [-0.2, 0) is 4.79 Å². The number of nitrogens with zero attached hydrogens (tertiary/aromatic N) is 4. The summed E-state index contributed by atoms with van der Waals surface area (Å²) in [5.74, 6) is -0.517. The lowest BCUT2D eigenvalue weighted by atomic mass is 10.2. The number of hydrogen-bond donors (Lipinski definition) is 2. The van der Waals surface area contributed by atoms with Crippen molar-refractivity contribution in [3.8, 4) is 17.1 Å². The van der Waals surface area contributed by atoms with Gasteiger partial charge in [-0.25, -0.2) is 4.79 Å². The van der Waals surface area contributed by atoms with Crippen LogP contribution in [-0.4, -0.2) is 50.2 Å². The van der Waals surface area contributed by atoms with Gasteiger partial charge in [-0.2, -0.15) is 13.2 Å². The second kappa shape index (κ2) is 9.60. The Morgan fingerprint density at radius 2 is 1.90 bits per heavy atom. The highest BCUT2D eigenvalue weighted by molar-refractivity contribution is 7.99. The Labute approximate surface area is 179 Å². The van der Waals surface area contributed by atoms with E-state index in [1.54, 1.807) is 28.3 Å². The lowest BCUT2D eigenvalue weighted by molar-refractivity contribution is -0.124. The zero-order valence-corrected chi connectivity index (χ0v) is 17.0. The third-order valence-corrected chi connectivity index (χ3v) is 4.87. The molecule has 0 saturated heterocycles. The van der Waals surface area contributed by atoms with Crippen LogP contribution in [0.2, 0.25) is 0 Å². The Hall–Kier alpha value is -3.41. The number of pyridine rings is 1. The maximum absolute atomic E-state index is 12.1. The number of urea groups is 1. The standard InChI is InChI=1S/C19H17F3N6O2S/c1-12-5-2-3-7-14(12)28-16(13-6-4-8-23-9-13)26-27-18(28)31-10-15(29)25-17(30)24-11-19(20,21)22/h2-9H,10-11H2,1H3,(H2,24,25,29,30). The molecule has 0 aliphatic carbocycles. The molecule has 31 heavy (non-hydrogen) atoms. The second-order valence-corrected chi connectivity index (χ2v) is 7.25. The predicted octanol–water partition coefficient (Wildman–Crippen LogP) is 3.12. The number of thioether (sulfide) groups is 1. The van der Waals surface area contributed by atoms with Crippen molar-refractivity contribution in [2.24, 2.45) is 0 Å². The first-order valence-electron chi connectivity index (χ1n) is 8.93. The van der Waals surface area contributed by atoms with E-state index in [9.17, 15) is 22.8 Å². The number of rotatable bonds is 6. The molecule has 0 bridgehead atoms. The van der Waals surface area contributed by atoms with E-state index in [0.717, 1.165) is 23.0 Å². The van der Waals surface area contributed by atoms with Crippen LogP contribution in [0.25, 0.3) is 17.1 Å². The summed E-state index contributed by atoms with van der Waals surface area (Å²) in [5, 5.41) is 12.2. The molecule has 3 rings (SSSR count). The number of aromatic nitrogens is 4. The fourth-order valence-corrected chi connectivity index (χ4v) is 3.34. The van der Waals surface area contributed by atoms with Crippen molar-refractivity contribution in [2.45, 2.75) is 18.3 Å². The monoisotopic (exact) mass is 450 g/mol. The highest BCUT2D eigenvalue weighted by atomic mass is 32.2. The van der Waals surface area contributed by atoms with Gasteiger partial charge in [-0.15, -0.1) is 10.2 Å². The van der Waals surface area contributed by atoms with Gasteiger partial charge >= 0.3 is 12.2 Å². The zero-order chi connectivity index (χ0) is 22.4. The van der Waals surface area contributed by atoms with Gasteiger partial charge < -0.3 is 5.32 Å². The van der Waals surface area contributed by atoms with E-state index in [4.69, 9.17) is 0 Å². The zero-order valence-electron chi connectivity index (χ0n) is 16.2. The maximum atomic E-state index is 12.1. The number of aryl methyl sites for hydroxylation is 1. The Kier molecular flexibility index (Phi) is 6.90. The quantitative estimate of drug-likeness (QED) is 0.560. The van der Waals surface area contributed by atoms with Gasteiger partial charge in [-0.05, 0) is 30.7 Å². The summed E-state index contributed by atoms with van der Waals surface area (Å²) in [6, 6.07) is 9.86. The number of carbonyl (C=O) groups is 2. The SMILES string of the molecule is Cc1ccccc1-n1c(SCC(=O)NC(=O)NCC(F)(F)F)nnc1-c1cccnc1. The summed E-state index contributed by atoms with van der Waals surface area (Å²) in [5.41, 5.74) is 2.43. The van der Waals surface area contributed by atoms with Crippen molar-refractivity contribution in [2.75, 3.05) is 12.3 Å². The molecule has 2 heterocycles. The van der Waals surface area contributed by atoms with Gasteiger partial charge in [0.1, 0.15) is 6.54 Å². The molecule has 1 aromatic carbocycles. The molecule has 0 aliphatic heterocycles. The van der Waals surface area contributed by atoms with Crippen LogP contribution < -0.4 is 10.6 Å². The van der Waals surface area contributed by atoms with Crippen LogP contribution in [0.5, 0.6) is 0 Å². The fraction of sp³-hybridized carbons (Fsp3) is 0.211. The van der Waals surface area contributed by atoms with Crippen molar-refractivity contribution in [1.82, 2.24) is 30.4 Å². The third kappa shape index (κ3) is 6.04. The van der Waals surface area contributed by atoms with Gasteiger partial charge in [0.25, 0.3) is 0 Å². The molecule has 3 aromatic rings. The number of hydrogen-bond acceptors (Lipinski definition) is 6. The normalized spacial score (nSPS) is 11.2. The molecular weight excluding hydrogens is 433 g/mol. The average Bonchev–Trinajstić information content (AvgIpc) is 3.15. The molecule has 0 saturated carbocycles. The molecular formula is C19H17F3N6O2S. The number of amides is 3. The van der Waals surface area contributed by atoms with Crippen molar-refractivity contribution < 1.29 is 22.8 Å². The Morgan fingerprint density at radius 3 is 2.58 bits per heavy atom. The van der Waals surface area contributed by atoms with Gasteiger partial charge in [0.2, 0.25) is 5.91 Å². The molecule has 0 spiro atoms. The molecule has 162 valence electrons. The van der Waals surface area contributed by atoms with E-state index in [2.05, 4.69) is 15.2 Å². The topological polar surface area (TPSA) is 102 Å². The van der Waals surface area contributed by atoms with E-state index in [0.29, 0.717) is 16.5 Å². The Bertz CT molecular complexity index is 1070. The minimum atomic E-state index is -4.57. The van der Waals surface area contributed by atoms with Crippen molar-refractivity contribution in [3.63, 3.8) is 0 Å². The van der Waals surface area contributed by atoms with Crippen LogP contribution in [0.1, 0.15) is 5.56 Å². The molecule has 0 fully saturated rings. The first-order chi connectivity index (χ1) is 14.7. The van der Waals surface area contributed by atoms with Crippen LogP contribution in [0.3, 0.4) is 0 Å². The number of imide groups is 1. The molecule has 0 aliphatic rings. The number of nitrogens with one attached hydrogen (secondary N) is 2. The van der Waals surface area contributed by atoms with Gasteiger partial charge in [-0.3, -0.25) is 19.7 Å². The lowest BCUT2D eigenvalue weighted by Gasteiger charge is -2.13. The van der Waals surface area contributed by atoms with E-state index in [-0.39, 0.29) is 5.75 Å². The molecule has 0 radical (unpaired) electrons. The van der Waals surface area contributed by atoms with Crippen LogP contribution >= 0.6 is 11.8 Å². The number of benzene rings is 1. The van der Waals surface area contributed by atoms with Crippen molar-refractivity contribution in [1.29, 1.82) is 0 Å². The second-order valence-electron chi connectivity index (χ2n) is 6.30. The third-order valence-electron chi connectivity index (χ3n) is 3.94. The molecule has 0 unspecified atom stereocenters. The van der Waals surface area contributed by atoms with E-state index < -0.39 is 24.7 Å². The highest BCUT2D eigenvalue weighted by Gasteiger charge is 2.28. The van der Waals surface area contributed by atoms with Crippen LogP contribution in [0.4, 0.5) is 18.0 Å². The van der Waals surface area contributed by atoms with Crippen LogP contribution in [0, 0.1) is 6.92 Å². The average molecular weight is 450 g/mol. The number of para-hydroxylation sites is 1. The van der Waals surface area contributed by atoms with Crippen molar-refractivity contribution in [3.05, 3.63) is 54.4 Å². The van der Waals surface area contributed by atoms with E-state index in [1.165, 1.54) is 0 Å². The lowest BCUT2D eigenvalue weighted by Crippen LogP contribution is -2.43. The highest BCUT2D eigenvalue weighted by Crippen LogP contribution is 2.29. The minimum Gasteiger partial charge on any atom is -0.329 e. The van der Waals surface area contributed by atoms with Gasteiger partial charge in [0, 0.05) is 18.0 Å². The smallest absolute Gasteiger partial charge is 0.329 e. The van der Waals surface area contributed by atoms with E-state index >= 15 is 0 Å². The molecule has 2 N–H and O–H groups in total. The predicted molar refractivity (Wildman–Crippen MR) is 108 cm³/mol. The summed E-state index contributed by atoms with van der Waals surface area (Å²) < 4.78 is 38.2. The summed E-state index contributed by atoms with van der Waals surface area (Å²) in [7, 11) is 0. The summed E-state index contributed by atoms with van der Waals surface area (Å²) >= 11 is 0.994. The Morgan fingerprint density at radius 1 is 1.13 bits per heavy atom. The van der Waals surface area contributed by atoms with Gasteiger partial charge in [-0.1, -0.05) is 30.0 Å². The van der Waals surface area contributed by atoms with Crippen molar-refractivity contribution >= 4 is 23.7 Å². The first-order valence-corrected chi connectivity index (χ1v) is 9.92. The number of halogens is 3. The molecule has 2 aromatic heterocycles. The summed E-state index contributed by atoms with van der Waals surface area (Å²) in [4.78, 5) is 27.5. The van der Waals surface area contributed by atoms with Gasteiger partial charge in [0.05, 0.1) is 11.4 Å². The molecule has 8 nitrogen and oxygen atoms in total. The van der Waals surface area contributed by atoms with Crippen LogP contribution in [0.15, 0.2) is 53.9 Å². The molecule has 0 atom stereocenters. The van der Waals surface area contributed by atoms with E-state index in [1.807, 2.05) is 42.6 Å². The fourth-order valence-electron chi connectivity index (χ4n) is 2.59. The molecule has 3 amide bonds.